The summed E-state index contributed by atoms with van der Waals surface area (Å²) in [7, 11) is 4.11. The molecule has 0 spiro atoms. The van der Waals surface area contributed by atoms with E-state index in [4.69, 9.17) is 4.98 Å². The Balaban J connectivity index is 1.89. The number of aryl methyl sites for hydroxylation is 1. The van der Waals surface area contributed by atoms with Crippen LogP contribution in [0.1, 0.15) is 5.56 Å². The highest BCUT2D eigenvalue weighted by Gasteiger charge is 2.07. The summed E-state index contributed by atoms with van der Waals surface area (Å²) in [6, 6.07) is 20.2. The molecule has 2 N–H and O–H groups in total. The molecule has 5 heteroatoms. The summed E-state index contributed by atoms with van der Waals surface area (Å²) < 4.78 is 0. The normalized spacial score (nSPS) is 10.8. The summed E-state index contributed by atoms with van der Waals surface area (Å²) in [6.45, 7) is 3.84. The number of aromatic nitrogens is 2. The quantitative estimate of drug-likeness (QED) is 0.672. The van der Waals surface area contributed by atoms with E-state index >= 15 is 0 Å². The number of benzene rings is 2. The average molecular weight is 347 g/mol. The predicted octanol–water partition coefficient (Wildman–Crippen LogP) is 4.17. The third kappa shape index (κ3) is 5.04. The van der Waals surface area contributed by atoms with E-state index in [1.54, 1.807) is 0 Å². The Morgan fingerprint density at radius 1 is 0.885 bits per heavy atom. The SMILES string of the molecule is Cc1cccc(Nc2cc(NCCN(C)C)nc(-c3ccccc3)n2)c1. The Labute approximate surface area is 155 Å². The molecule has 0 saturated carbocycles. The number of hydrogen-bond donors (Lipinski definition) is 2. The lowest BCUT2D eigenvalue weighted by molar-refractivity contribution is 0.425. The molecule has 1 heterocycles. The maximum absolute atomic E-state index is 4.70. The first-order chi connectivity index (χ1) is 12.6. The van der Waals surface area contributed by atoms with Crippen LogP contribution in [0, 0.1) is 6.92 Å². The van der Waals surface area contributed by atoms with Crippen molar-refractivity contribution in [2.24, 2.45) is 0 Å². The summed E-state index contributed by atoms with van der Waals surface area (Å²) in [5.41, 5.74) is 3.22. The van der Waals surface area contributed by atoms with Gasteiger partial charge in [-0.3, -0.25) is 0 Å². The highest BCUT2D eigenvalue weighted by atomic mass is 15.1. The molecule has 134 valence electrons. The zero-order chi connectivity index (χ0) is 18.4. The lowest BCUT2D eigenvalue weighted by Gasteiger charge is -2.14. The fourth-order valence-corrected chi connectivity index (χ4v) is 2.60. The molecule has 26 heavy (non-hydrogen) atoms. The van der Waals surface area contributed by atoms with Gasteiger partial charge in [0, 0.05) is 30.4 Å². The van der Waals surface area contributed by atoms with Gasteiger partial charge in [-0.1, -0.05) is 42.5 Å². The van der Waals surface area contributed by atoms with Crippen LogP contribution in [0.5, 0.6) is 0 Å². The van der Waals surface area contributed by atoms with E-state index in [1.165, 1.54) is 5.56 Å². The molecule has 0 unspecified atom stereocenters. The van der Waals surface area contributed by atoms with Gasteiger partial charge in [0.2, 0.25) is 0 Å². The summed E-state index contributed by atoms with van der Waals surface area (Å²) in [5, 5.41) is 6.78. The highest BCUT2D eigenvalue weighted by Crippen LogP contribution is 2.23. The number of nitrogens with zero attached hydrogens (tertiary/aromatic N) is 3. The van der Waals surface area contributed by atoms with Crippen LogP contribution in [0.15, 0.2) is 60.7 Å². The van der Waals surface area contributed by atoms with E-state index in [1.807, 2.05) is 48.5 Å². The van der Waals surface area contributed by atoms with Crippen molar-refractivity contribution in [1.82, 2.24) is 14.9 Å². The van der Waals surface area contributed by atoms with E-state index in [9.17, 15) is 0 Å². The topological polar surface area (TPSA) is 53.1 Å². The van der Waals surface area contributed by atoms with Crippen molar-refractivity contribution in [3.8, 4) is 11.4 Å². The van der Waals surface area contributed by atoms with Gasteiger partial charge >= 0.3 is 0 Å². The maximum atomic E-state index is 4.70. The van der Waals surface area contributed by atoms with Gasteiger partial charge in [-0.25, -0.2) is 9.97 Å². The van der Waals surface area contributed by atoms with Crippen LogP contribution >= 0.6 is 0 Å². The molecule has 1 aromatic heterocycles. The van der Waals surface area contributed by atoms with Crippen molar-refractivity contribution >= 4 is 17.3 Å². The van der Waals surface area contributed by atoms with Gasteiger partial charge in [-0.15, -0.1) is 0 Å². The first-order valence-electron chi connectivity index (χ1n) is 8.77. The fraction of sp³-hybridized carbons (Fsp3) is 0.238. The number of likely N-dealkylation sites (N-methyl/N-ethyl adjacent to an activating group) is 1. The van der Waals surface area contributed by atoms with Crippen molar-refractivity contribution in [3.63, 3.8) is 0 Å². The minimum Gasteiger partial charge on any atom is -0.369 e. The van der Waals surface area contributed by atoms with Gasteiger partial charge < -0.3 is 15.5 Å². The van der Waals surface area contributed by atoms with E-state index in [0.717, 1.165) is 36.0 Å². The van der Waals surface area contributed by atoms with Crippen LogP contribution in [0.4, 0.5) is 17.3 Å². The zero-order valence-corrected chi connectivity index (χ0v) is 15.5. The number of hydrogen-bond acceptors (Lipinski definition) is 5. The Hall–Kier alpha value is -2.92. The highest BCUT2D eigenvalue weighted by molar-refractivity contribution is 5.65. The third-order valence-corrected chi connectivity index (χ3v) is 3.91. The molecule has 0 aliphatic rings. The minimum atomic E-state index is 0.704. The van der Waals surface area contributed by atoms with Gasteiger partial charge in [-0.05, 0) is 38.7 Å². The minimum absolute atomic E-state index is 0.704. The average Bonchev–Trinajstić information content (AvgIpc) is 2.62. The maximum Gasteiger partial charge on any atom is 0.163 e. The van der Waals surface area contributed by atoms with E-state index in [2.05, 4.69) is 53.7 Å². The molecule has 0 aliphatic carbocycles. The molecule has 0 atom stereocenters. The predicted molar refractivity (Wildman–Crippen MR) is 109 cm³/mol. The second kappa shape index (κ2) is 8.45. The lowest BCUT2D eigenvalue weighted by Crippen LogP contribution is -2.21. The Morgan fingerprint density at radius 2 is 1.65 bits per heavy atom. The van der Waals surface area contributed by atoms with Crippen LogP contribution in [-0.2, 0) is 0 Å². The standard InChI is InChI=1S/C21H25N5/c1-16-8-7-11-18(14-16)23-20-15-19(22-12-13-26(2)3)24-21(25-20)17-9-5-4-6-10-17/h4-11,14-15H,12-13H2,1-3H3,(H2,22,23,24,25). The van der Waals surface area contributed by atoms with Crippen LogP contribution in [0.2, 0.25) is 0 Å². The number of anilines is 3. The van der Waals surface area contributed by atoms with Crippen molar-refractivity contribution in [2.45, 2.75) is 6.92 Å². The van der Waals surface area contributed by atoms with Crippen molar-refractivity contribution < 1.29 is 0 Å². The van der Waals surface area contributed by atoms with E-state index in [0.29, 0.717) is 5.82 Å². The molecule has 0 amide bonds. The van der Waals surface area contributed by atoms with Crippen LogP contribution in [-0.4, -0.2) is 42.1 Å². The molecular formula is C21H25N5. The molecule has 0 fully saturated rings. The molecule has 5 nitrogen and oxygen atoms in total. The van der Waals surface area contributed by atoms with Gasteiger partial charge in [0.25, 0.3) is 0 Å². The number of rotatable bonds is 7. The molecule has 0 radical (unpaired) electrons. The lowest BCUT2D eigenvalue weighted by atomic mass is 10.2. The monoisotopic (exact) mass is 347 g/mol. The van der Waals surface area contributed by atoms with Crippen LogP contribution in [0.3, 0.4) is 0 Å². The summed E-state index contributed by atoms with van der Waals surface area (Å²) in [4.78, 5) is 11.5. The summed E-state index contributed by atoms with van der Waals surface area (Å²) in [5.74, 6) is 2.29. The molecule has 3 rings (SSSR count). The molecule has 0 saturated heterocycles. The second-order valence-corrected chi connectivity index (χ2v) is 6.55. The van der Waals surface area contributed by atoms with Crippen LogP contribution in [0.25, 0.3) is 11.4 Å². The fourth-order valence-electron chi connectivity index (χ4n) is 2.60. The van der Waals surface area contributed by atoms with Crippen LogP contribution < -0.4 is 10.6 Å². The molecular weight excluding hydrogens is 322 g/mol. The Morgan fingerprint density at radius 3 is 2.38 bits per heavy atom. The second-order valence-electron chi connectivity index (χ2n) is 6.55. The zero-order valence-electron chi connectivity index (χ0n) is 15.5. The molecule has 0 aliphatic heterocycles. The first kappa shape index (κ1) is 17.9. The van der Waals surface area contributed by atoms with Gasteiger partial charge in [0.1, 0.15) is 11.6 Å². The summed E-state index contributed by atoms with van der Waals surface area (Å²) >= 11 is 0. The van der Waals surface area contributed by atoms with E-state index < -0.39 is 0 Å². The van der Waals surface area contributed by atoms with Gasteiger partial charge in [0.05, 0.1) is 0 Å². The smallest absolute Gasteiger partial charge is 0.163 e. The van der Waals surface area contributed by atoms with Crippen molar-refractivity contribution in [1.29, 1.82) is 0 Å². The summed E-state index contributed by atoms with van der Waals surface area (Å²) in [6.07, 6.45) is 0. The van der Waals surface area contributed by atoms with Crippen molar-refractivity contribution in [2.75, 3.05) is 37.8 Å². The van der Waals surface area contributed by atoms with Gasteiger partial charge in [0.15, 0.2) is 5.82 Å². The van der Waals surface area contributed by atoms with E-state index in [-0.39, 0.29) is 0 Å². The molecule has 2 aromatic carbocycles. The largest absolute Gasteiger partial charge is 0.369 e. The Kier molecular flexibility index (Phi) is 5.81. The Bertz CT molecular complexity index is 846. The molecule has 0 bridgehead atoms. The molecule has 3 aromatic rings. The van der Waals surface area contributed by atoms with Gasteiger partial charge in [-0.2, -0.15) is 0 Å². The third-order valence-electron chi connectivity index (χ3n) is 3.91. The van der Waals surface area contributed by atoms with Crippen molar-refractivity contribution in [3.05, 3.63) is 66.2 Å². The number of nitrogens with one attached hydrogen (secondary N) is 2. The first-order valence-corrected chi connectivity index (χ1v) is 8.77.